The standard InChI is InChI=1S/C17H26F9N2O3S/c1-3-4-5-6-7-8-13(29)28(2)11-9-27(10-12-28)32(30,31)17(25,26)15(20,21)14(18,19)16(22,23)24/h3-12H2,1-2H3/q+1. The van der Waals surface area contributed by atoms with Crippen molar-refractivity contribution < 1.29 is 57.2 Å². The van der Waals surface area contributed by atoms with Crippen LogP contribution in [0.25, 0.3) is 0 Å². The highest BCUT2D eigenvalue weighted by molar-refractivity contribution is 7.90. The van der Waals surface area contributed by atoms with Crippen molar-refractivity contribution in [2.75, 3.05) is 33.2 Å². The molecule has 0 aliphatic carbocycles. The highest BCUT2D eigenvalue weighted by atomic mass is 32.2. The molecule has 0 bridgehead atoms. The number of carbonyl (C=O) groups is 1. The zero-order valence-corrected chi connectivity index (χ0v) is 18.3. The van der Waals surface area contributed by atoms with E-state index in [2.05, 4.69) is 0 Å². The Morgan fingerprint density at radius 3 is 1.75 bits per heavy atom. The molecule has 0 radical (unpaired) electrons. The van der Waals surface area contributed by atoms with Gasteiger partial charge in [-0.15, -0.1) is 0 Å². The smallest absolute Gasteiger partial charge is 0.261 e. The number of hydrogen-bond acceptors (Lipinski definition) is 3. The third kappa shape index (κ3) is 5.18. The Labute approximate surface area is 180 Å². The summed E-state index contributed by atoms with van der Waals surface area (Å²) in [4.78, 5) is 12.4. The van der Waals surface area contributed by atoms with Gasteiger partial charge in [0.1, 0.15) is 0 Å². The third-order valence-corrected chi connectivity index (χ3v) is 7.51. The lowest BCUT2D eigenvalue weighted by atomic mass is 10.1. The molecule has 5 nitrogen and oxygen atoms in total. The molecule has 190 valence electrons. The van der Waals surface area contributed by atoms with Gasteiger partial charge in [0.05, 0.1) is 39.6 Å². The highest BCUT2D eigenvalue weighted by Gasteiger charge is 2.85. The molecule has 0 atom stereocenters. The molecule has 32 heavy (non-hydrogen) atoms. The van der Waals surface area contributed by atoms with Crippen molar-refractivity contribution in [3.05, 3.63) is 0 Å². The fraction of sp³-hybridized carbons (Fsp3) is 0.941. The summed E-state index contributed by atoms with van der Waals surface area (Å²) >= 11 is 0. The molecule has 0 unspecified atom stereocenters. The Hall–Kier alpha value is -1.09. The minimum atomic E-state index is -7.30. The number of piperazine rings is 1. The van der Waals surface area contributed by atoms with E-state index in [-0.39, 0.29) is 16.6 Å². The number of hydrogen-bond donors (Lipinski definition) is 0. The summed E-state index contributed by atoms with van der Waals surface area (Å²) < 4.78 is 141. The number of sulfonamides is 1. The van der Waals surface area contributed by atoms with Crippen LogP contribution in [0.5, 0.6) is 0 Å². The summed E-state index contributed by atoms with van der Waals surface area (Å²) in [7, 11) is -5.24. The predicted octanol–water partition coefficient (Wildman–Crippen LogP) is 4.39. The van der Waals surface area contributed by atoms with Crippen LogP contribution in [0, 0.1) is 0 Å². The Morgan fingerprint density at radius 1 is 0.844 bits per heavy atom. The normalized spacial score (nSPS) is 19.2. The first-order chi connectivity index (χ1) is 14.3. The second-order valence-corrected chi connectivity index (χ2v) is 9.95. The lowest BCUT2D eigenvalue weighted by Gasteiger charge is -2.41. The molecule has 0 aromatic heterocycles. The largest absolute Gasteiger partial charge is 0.460 e. The maximum atomic E-state index is 14.0. The van der Waals surface area contributed by atoms with Crippen molar-refractivity contribution in [2.24, 2.45) is 0 Å². The van der Waals surface area contributed by atoms with Gasteiger partial charge in [0.2, 0.25) is 0 Å². The zero-order valence-electron chi connectivity index (χ0n) is 17.5. The molecule has 0 aromatic rings. The zero-order chi connectivity index (χ0) is 25.2. The molecule has 15 heteroatoms. The number of nitrogens with zero attached hydrogens (tertiary/aromatic N) is 2. The molecule has 1 rings (SSSR count). The van der Waals surface area contributed by atoms with Crippen molar-refractivity contribution >= 4 is 15.9 Å². The first-order valence-electron chi connectivity index (χ1n) is 9.87. The Balaban J connectivity index is 2.94. The van der Waals surface area contributed by atoms with Gasteiger partial charge in [0.25, 0.3) is 10.0 Å². The maximum Gasteiger partial charge on any atom is 0.460 e. The summed E-state index contributed by atoms with van der Waals surface area (Å²) in [5.74, 6) is -14.9. The number of likely N-dealkylation sites (N-methyl/N-ethyl adjacent to an activating group) is 1. The maximum absolute atomic E-state index is 14.0. The molecule has 1 aliphatic rings. The van der Waals surface area contributed by atoms with Gasteiger partial charge >= 0.3 is 29.2 Å². The molecule has 1 aliphatic heterocycles. The van der Waals surface area contributed by atoms with Crippen molar-refractivity contribution in [1.29, 1.82) is 0 Å². The van der Waals surface area contributed by atoms with Crippen LogP contribution in [0.2, 0.25) is 0 Å². The number of rotatable bonds is 10. The number of unbranched alkanes of at least 4 members (excludes halogenated alkanes) is 4. The van der Waals surface area contributed by atoms with Crippen molar-refractivity contribution in [2.45, 2.75) is 68.7 Å². The summed E-state index contributed by atoms with van der Waals surface area (Å²) in [5.41, 5.74) is 0. The van der Waals surface area contributed by atoms with Crippen LogP contribution in [0.15, 0.2) is 0 Å². The number of alkyl halides is 9. The van der Waals surface area contributed by atoms with Gasteiger partial charge in [0.15, 0.2) is 0 Å². The van der Waals surface area contributed by atoms with Crippen LogP contribution in [-0.2, 0) is 14.8 Å². The van der Waals surface area contributed by atoms with Gasteiger partial charge < -0.3 is 0 Å². The number of halogens is 9. The van der Waals surface area contributed by atoms with E-state index in [9.17, 15) is 52.7 Å². The molecule has 1 fully saturated rings. The van der Waals surface area contributed by atoms with E-state index in [4.69, 9.17) is 0 Å². The number of carbonyl (C=O) groups excluding carboxylic acids is 1. The molecule has 0 N–H and O–H groups in total. The van der Waals surface area contributed by atoms with E-state index in [1.807, 2.05) is 6.92 Å². The molecule has 0 spiro atoms. The lowest BCUT2D eigenvalue weighted by Crippen LogP contribution is -2.68. The predicted molar refractivity (Wildman–Crippen MR) is 95.7 cm³/mol. The molecule has 0 saturated carbocycles. The quantitative estimate of drug-likeness (QED) is 0.249. The second kappa shape index (κ2) is 9.65. The fourth-order valence-electron chi connectivity index (χ4n) is 3.21. The van der Waals surface area contributed by atoms with Crippen LogP contribution >= 0.6 is 0 Å². The van der Waals surface area contributed by atoms with Crippen molar-refractivity contribution in [1.82, 2.24) is 4.31 Å². The van der Waals surface area contributed by atoms with Crippen molar-refractivity contribution in [3.8, 4) is 0 Å². The molecule has 1 amide bonds. The molecule has 1 saturated heterocycles. The first kappa shape index (κ1) is 28.9. The average molecular weight is 509 g/mol. The molecule has 1 heterocycles. The Bertz CT molecular complexity index is 762. The van der Waals surface area contributed by atoms with Gasteiger partial charge in [-0.1, -0.05) is 32.6 Å². The second-order valence-electron chi connectivity index (χ2n) is 7.97. The summed E-state index contributed by atoms with van der Waals surface area (Å²) in [5, 5.41) is -6.75. The molecular weight excluding hydrogens is 483 g/mol. The van der Waals surface area contributed by atoms with E-state index < -0.39 is 64.0 Å². The van der Waals surface area contributed by atoms with Crippen LogP contribution in [0.3, 0.4) is 0 Å². The summed E-state index contributed by atoms with van der Waals surface area (Å²) in [6.45, 7) is -0.712. The van der Waals surface area contributed by atoms with Gasteiger partial charge in [-0.3, -0.25) is 4.48 Å². The van der Waals surface area contributed by atoms with Crippen molar-refractivity contribution in [3.63, 3.8) is 0 Å². The van der Waals surface area contributed by atoms with Gasteiger partial charge in [-0.25, -0.2) is 13.2 Å². The van der Waals surface area contributed by atoms with E-state index in [0.29, 0.717) is 6.42 Å². The lowest BCUT2D eigenvalue weighted by molar-refractivity contribution is -0.839. The summed E-state index contributed by atoms with van der Waals surface area (Å²) in [6, 6.07) is 0. The van der Waals surface area contributed by atoms with E-state index in [1.165, 1.54) is 7.05 Å². The van der Waals surface area contributed by atoms with Crippen LogP contribution in [0.4, 0.5) is 39.5 Å². The SMILES string of the molecule is CCCCCCCC(=O)[N+]1(C)CCN(S(=O)(=O)C(F)(F)C(F)(F)C(F)(F)C(F)(F)F)CC1. The van der Waals surface area contributed by atoms with Crippen LogP contribution in [-0.4, -0.2) is 79.6 Å². The fourth-order valence-corrected chi connectivity index (χ4v) is 4.63. The Kier molecular flexibility index (Phi) is 8.72. The van der Waals surface area contributed by atoms with Crippen LogP contribution < -0.4 is 0 Å². The monoisotopic (exact) mass is 509 g/mol. The van der Waals surface area contributed by atoms with Gasteiger partial charge in [0, 0.05) is 0 Å². The van der Waals surface area contributed by atoms with Crippen LogP contribution in [0.1, 0.15) is 45.4 Å². The summed E-state index contributed by atoms with van der Waals surface area (Å²) in [6.07, 6.45) is -2.87. The molecule has 0 aromatic carbocycles. The van der Waals surface area contributed by atoms with E-state index >= 15 is 0 Å². The number of amides is 1. The highest BCUT2D eigenvalue weighted by Crippen LogP contribution is 2.55. The average Bonchev–Trinajstić information content (AvgIpc) is 2.66. The van der Waals surface area contributed by atoms with E-state index in [1.54, 1.807) is 0 Å². The third-order valence-electron chi connectivity index (χ3n) is 5.56. The Morgan fingerprint density at radius 2 is 1.31 bits per heavy atom. The first-order valence-corrected chi connectivity index (χ1v) is 11.3. The van der Waals surface area contributed by atoms with E-state index in [0.717, 1.165) is 25.7 Å². The minimum Gasteiger partial charge on any atom is -0.261 e. The topological polar surface area (TPSA) is 54.5 Å². The number of quaternary nitrogens is 1. The molecular formula is C17H26F9N2O3S+. The van der Waals surface area contributed by atoms with Gasteiger partial charge in [-0.2, -0.15) is 43.8 Å². The van der Waals surface area contributed by atoms with Gasteiger partial charge in [-0.05, 0) is 6.42 Å². The minimum absolute atomic E-state index is 0.110.